The molecule has 5 nitrogen and oxygen atoms in total. The Labute approximate surface area is 175 Å². The lowest BCUT2D eigenvalue weighted by Crippen LogP contribution is -2.44. The summed E-state index contributed by atoms with van der Waals surface area (Å²) in [7, 11) is 0. The van der Waals surface area contributed by atoms with Gasteiger partial charge in [0.1, 0.15) is 5.82 Å². The normalized spacial score (nSPS) is 16.3. The van der Waals surface area contributed by atoms with Gasteiger partial charge in [-0.25, -0.2) is 9.18 Å². The van der Waals surface area contributed by atoms with Crippen LogP contribution in [-0.4, -0.2) is 42.7 Å². The Morgan fingerprint density at radius 3 is 2.72 bits per heavy atom. The molecular weight excluding hydrogens is 389 g/mol. The van der Waals surface area contributed by atoms with E-state index < -0.39 is 5.82 Å². The summed E-state index contributed by atoms with van der Waals surface area (Å²) in [5, 5.41) is 5.45. The number of anilines is 1. The van der Waals surface area contributed by atoms with E-state index in [4.69, 9.17) is 0 Å². The smallest absolute Gasteiger partial charge is 0.319 e. The highest BCUT2D eigenvalue weighted by atomic mass is 32.2. The molecule has 0 radical (unpaired) electrons. The fourth-order valence-electron chi connectivity index (χ4n) is 3.49. The van der Waals surface area contributed by atoms with Gasteiger partial charge in [0.2, 0.25) is 0 Å². The van der Waals surface area contributed by atoms with E-state index in [1.54, 1.807) is 23.9 Å². The fraction of sp³-hybridized carbons (Fsp3) is 0.364. The molecule has 0 bridgehead atoms. The number of amides is 3. The average molecular weight is 416 g/mol. The first kappa shape index (κ1) is 21.2. The molecule has 0 aromatic heterocycles. The zero-order valence-corrected chi connectivity index (χ0v) is 17.3. The van der Waals surface area contributed by atoms with Crippen LogP contribution >= 0.6 is 11.8 Å². The Morgan fingerprint density at radius 1 is 1.21 bits per heavy atom. The minimum absolute atomic E-state index is 0.0367. The van der Waals surface area contributed by atoms with E-state index in [1.807, 2.05) is 29.2 Å². The highest BCUT2D eigenvalue weighted by Crippen LogP contribution is 2.19. The number of benzene rings is 2. The molecule has 2 aromatic rings. The summed E-state index contributed by atoms with van der Waals surface area (Å²) in [6, 6.07) is 13.2. The molecule has 1 atom stereocenters. The van der Waals surface area contributed by atoms with Gasteiger partial charge in [-0.2, -0.15) is 11.8 Å². The molecule has 1 aliphatic heterocycles. The monoisotopic (exact) mass is 415 g/mol. The molecule has 7 heteroatoms. The summed E-state index contributed by atoms with van der Waals surface area (Å²) in [5.41, 5.74) is 2.32. The van der Waals surface area contributed by atoms with Gasteiger partial charge in [-0.1, -0.05) is 18.2 Å². The molecule has 154 valence electrons. The second-order valence-electron chi connectivity index (χ2n) is 7.23. The summed E-state index contributed by atoms with van der Waals surface area (Å²) in [5.74, 6) is 0.769. The highest BCUT2D eigenvalue weighted by Gasteiger charge is 2.24. The molecule has 1 fully saturated rings. The predicted molar refractivity (Wildman–Crippen MR) is 116 cm³/mol. The summed E-state index contributed by atoms with van der Waals surface area (Å²) in [6.45, 7) is 1.82. The molecule has 1 saturated heterocycles. The molecule has 2 N–H and O–H groups in total. The first-order valence-electron chi connectivity index (χ1n) is 9.72. The molecular formula is C22H26FN3O2S. The van der Waals surface area contributed by atoms with Crippen LogP contribution in [0.25, 0.3) is 0 Å². The number of urea groups is 1. The summed E-state index contributed by atoms with van der Waals surface area (Å²) < 4.78 is 13.2. The number of halogens is 1. The first-order chi connectivity index (χ1) is 14.0. The molecule has 1 heterocycles. The Morgan fingerprint density at radius 2 is 2.00 bits per heavy atom. The SMILES string of the molecule is CSCc1ccc(C(=O)N2CCCC(CNC(=O)Nc3cccc(F)c3)C2)cc1. The molecule has 0 aliphatic carbocycles. The van der Waals surface area contributed by atoms with Crippen molar-refractivity contribution < 1.29 is 14.0 Å². The van der Waals surface area contributed by atoms with E-state index in [9.17, 15) is 14.0 Å². The van der Waals surface area contributed by atoms with Crippen molar-refractivity contribution in [2.45, 2.75) is 18.6 Å². The maximum atomic E-state index is 13.2. The Kier molecular flexibility index (Phi) is 7.52. The molecule has 29 heavy (non-hydrogen) atoms. The number of nitrogens with one attached hydrogen (secondary N) is 2. The third-order valence-corrected chi connectivity index (χ3v) is 5.57. The lowest BCUT2D eigenvalue weighted by atomic mass is 9.97. The highest BCUT2D eigenvalue weighted by molar-refractivity contribution is 7.97. The van der Waals surface area contributed by atoms with Crippen LogP contribution in [0.15, 0.2) is 48.5 Å². The van der Waals surface area contributed by atoms with Crippen molar-refractivity contribution in [3.05, 3.63) is 65.5 Å². The number of thioether (sulfide) groups is 1. The number of piperidine rings is 1. The quantitative estimate of drug-likeness (QED) is 0.737. The third kappa shape index (κ3) is 6.22. The van der Waals surface area contributed by atoms with Crippen LogP contribution in [0.4, 0.5) is 14.9 Å². The maximum Gasteiger partial charge on any atom is 0.319 e. The minimum Gasteiger partial charge on any atom is -0.338 e. The average Bonchev–Trinajstić information content (AvgIpc) is 2.73. The summed E-state index contributed by atoms with van der Waals surface area (Å²) in [4.78, 5) is 26.7. The van der Waals surface area contributed by atoms with Crippen LogP contribution < -0.4 is 10.6 Å². The van der Waals surface area contributed by atoms with Crippen LogP contribution in [0, 0.1) is 11.7 Å². The van der Waals surface area contributed by atoms with Gasteiger partial charge in [-0.3, -0.25) is 4.79 Å². The van der Waals surface area contributed by atoms with Crippen LogP contribution in [0.3, 0.4) is 0 Å². The van der Waals surface area contributed by atoms with Crippen molar-refractivity contribution in [1.29, 1.82) is 0 Å². The van der Waals surface area contributed by atoms with Crippen LogP contribution in [-0.2, 0) is 5.75 Å². The Bertz CT molecular complexity index is 844. The standard InChI is InChI=1S/C22H26FN3O2S/c1-29-15-16-7-9-18(10-8-16)21(27)26-11-3-4-17(14-26)13-24-22(28)25-20-6-2-5-19(23)12-20/h2,5-10,12,17H,3-4,11,13-15H2,1H3,(H2,24,25,28). The Balaban J connectivity index is 1.49. The predicted octanol–water partition coefficient (Wildman–Crippen LogP) is 4.36. The van der Waals surface area contributed by atoms with Crippen molar-refractivity contribution in [2.75, 3.05) is 31.2 Å². The zero-order chi connectivity index (χ0) is 20.6. The molecule has 3 rings (SSSR count). The van der Waals surface area contributed by atoms with Crippen molar-refractivity contribution in [1.82, 2.24) is 10.2 Å². The number of carbonyl (C=O) groups excluding carboxylic acids is 2. The van der Waals surface area contributed by atoms with E-state index in [1.165, 1.54) is 17.7 Å². The van der Waals surface area contributed by atoms with Gasteiger partial charge >= 0.3 is 6.03 Å². The lowest BCUT2D eigenvalue weighted by Gasteiger charge is -2.33. The maximum absolute atomic E-state index is 13.2. The Hall–Kier alpha value is -2.54. The van der Waals surface area contributed by atoms with Gasteiger partial charge in [0.25, 0.3) is 5.91 Å². The van der Waals surface area contributed by atoms with Crippen molar-refractivity contribution >= 4 is 29.4 Å². The first-order valence-corrected chi connectivity index (χ1v) is 11.1. The number of hydrogen-bond acceptors (Lipinski definition) is 3. The molecule has 3 amide bonds. The van der Waals surface area contributed by atoms with E-state index in [-0.39, 0.29) is 17.9 Å². The third-order valence-electron chi connectivity index (χ3n) is 4.95. The number of rotatable bonds is 6. The minimum atomic E-state index is -0.397. The molecule has 1 aliphatic rings. The van der Waals surface area contributed by atoms with Crippen molar-refractivity contribution in [2.24, 2.45) is 5.92 Å². The van der Waals surface area contributed by atoms with Gasteiger partial charge < -0.3 is 15.5 Å². The van der Waals surface area contributed by atoms with Crippen molar-refractivity contribution in [3.63, 3.8) is 0 Å². The molecule has 1 unspecified atom stereocenters. The number of nitrogens with zero attached hydrogens (tertiary/aromatic N) is 1. The van der Waals surface area contributed by atoms with E-state index >= 15 is 0 Å². The summed E-state index contributed by atoms with van der Waals surface area (Å²) >= 11 is 1.75. The molecule has 2 aromatic carbocycles. The topological polar surface area (TPSA) is 61.4 Å². The van der Waals surface area contributed by atoms with Gasteiger partial charge in [0.05, 0.1) is 0 Å². The lowest BCUT2D eigenvalue weighted by molar-refractivity contribution is 0.0675. The van der Waals surface area contributed by atoms with Crippen molar-refractivity contribution in [3.8, 4) is 0 Å². The largest absolute Gasteiger partial charge is 0.338 e. The fourth-order valence-corrected chi connectivity index (χ4v) is 4.01. The molecule has 0 saturated carbocycles. The second-order valence-corrected chi connectivity index (χ2v) is 8.10. The zero-order valence-electron chi connectivity index (χ0n) is 16.5. The molecule has 0 spiro atoms. The van der Waals surface area contributed by atoms with E-state index in [0.29, 0.717) is 24.3 Å². The second kappa shape index (κ2) is 10.3. The van der Waals surface area contributed by atoms with Crippen LogP contribution in [0.5, 0.6) is 0 Å². The van der Waals surface area contributed by atoms with Gasteiger partial charge in [0, 0.05) is 36.6 Å². The summed E-state index contributed by atoms with van der Waals surface area (Å²) in [6.07, 6.45) is 3.92. The van der Waals surface area contributed by atoms with Crippen LogP contribution in [0.2, 0.25) is 0 Å². The number of likely N-dealkylation sites (tertiary alicyclic amines) is 1. The van der Waals surface area contributed by atoms with Gasteiger partial charge in [-0.15, -0.1) is 0 Å². The number of carbonyl (C=O) groups is 2. The van der Waals surface area contributed by atoms with Gasteiger partial charge in [0.15, 0.2) is 0 Å². The van der Waals surface area contributed by atoms with E-state index in [2.05, 4.69) is 16.9 Å². The number of hydrogen-bond donors (Lipinski definition) is 2. The van der Waals surface area contributed by atoms with Crippen LogP contribution in [0.1, 0.15) is 28.8 Å². The van der Waals surface area contributed by atoms with E-state index in [0.717, 1.165) is 25.1 Å². The van der Waals surface area contributed by atoms with Gasteiger partial charge in [-0.05, 0) is 60.9 Å².